The number of nitrogens with one attached hydrogen (secondary N) is 1. The van der Waals surface area contributed by atoms with Gasteiger partial charge in [0.1, 0.15) is 6.61 Å². The molecule has 1 N–H and O–H groups in total. The first-order valence-corrected chi connectivity index (χ1v) is 15.1. The molecule has 1 aliphatic carbocycles. The molecule has 0 saturated heterocycles. The Labute approximate surface area is 260 Å². The van der Waals surface area contributed by atoms with Gasteiger partial charge in [-0.1, -0.05) is 108 Å². The second-order valence-electron chi connectivity index (χ2n) is 12.5. The molecule has 6 nitrogen and oxygen atoms in total. The number of esters is 1. The van der Waals surface area contributed by atoms with Crippen molar-refractivity contribution in [3.05, 3.63) is 130 Å². The summed E-state index contributed by atoms with van der Waals surface area (Å²) in [5.74, 6) is -0.712. The van der Waals surface area contributed by atoms with Gasteiger partial charge in [0.2, 0.25) is 0 Å². The highest BCUT2D eigenvalue weighted by Crippen LogP contribution is 2.44. The van der Waals surface area contributed by atoms with Gasteiger partial charge in [-0.3, -0.25) is 0 Å². The molecular weight excluding hydrogens is 550 g/mol. The van der Waals surface area contributed by atoms with E-state index in [9.17, 15) is 9.59 Å². The Morgan fingerprint density at radius 2 is 1.23 bits per heavy atom. The van der Waals surface area contributed by atoms with Gasteiger partial charge >= 0.3 is 12.1 Å². The van der Waals surface area contributed by atoms with Gasteiger partial charge in [-0.15, -0.1) is 0 Å². The van der Waals surface area contributed by atoms with Gasteiger partial charge in [-0.05, 0) is 74.9 Å². The lowest BCUT2D eigenvalue weighted by Gasteiger charge is -2.31. The molecule has 1 aliphatic rings. The highest BCUT2D eigenvalue weighted by Gasteiger charge is 2.35. The smallest absolute Gasteiger partial charge is 0.407 e. The second-order valence-corrected chi connectivity index (χ2v) is 12.5. The van der Waals surface area contributed by atoms with Crippen molar-refractivity contribution in [3.63, 3.8) is 0 Å². The zero-order chi connectivity index (χ0) is 31.4. The molecule has 0 saturated carbocycles. The molecule has 1 amide bonds. The number of hydrogen-bond acceptors (Lipinski definition) is 5. The summed E-state index contributed by atoms with van der Waals surface area (Å²) in [6.45, 7) is 11.6. The third kappa shape index (κ3) is 7.20. The minimum atomic E-state index is -1.11. The van der Waals surface area contributed by atoms with Crippen molar-refractivity contribution in [2.75, 3.05) is 6.61 Å². The molecular formula is C38H41NO5. The lowest BCUT2D eigenvalue weighted by molar-refractivity contribution is -0.157. The Morgan fingerprint density at radius 1 is 0.750 bits per heavy atom. The average Bonchev–Trinajstić information content (AvgIpc) is 3.31. The van der Waals surface area contributed by atoms with Gasteiger partial charge in [-0.2, -0.15) is 0 Å². The number of fused-ring (bicyclic) bond motifs is 3. The Morgan fingerprint density at radius 3 is 1.70 bits per heavy atom. The fraction of sp³-hybridized carbons (Fsp3) is 0.316. The molecule has 44 heavy (non-hydrogen) atoms. The van der Waals surface area contributed by atoms with E-state index in [4.69, 9.17) is 14.2 Å². The molecule has 0 radical (unpaired) electrons. The van der Waals surface area contributed by atoms with Crippen LogP contribution in [0.4, 0.5) is 4.79 Å². The van der Waals surface area contributed by atoms with Crippen LogP contribution in [-0.4, -0.2) is 36.4 Å². The number of alkyl carbamates (subject to hydrolysis) is 1. The predicted molar refractivity (Wildman–Crippen MR) is 173 cm³/mol. The first-order chi connectivity index (χ1) is 21.0. The predicted octanol–water partition coefficient (Wildman–Crippen LogP) is 8.05. The van der Waals surface area contributed by atoms with Crippen LogP contribution in [0, 0.1) is 13.8 Å². The average molecular weight is 592 g/mol. The fourth-order valence-electron chi connectivity index (χ4n) is 5.76. The second kappa shape index (κ2) is 13.1. The van der Waals surface area contributed by atoms with Crippen molar-refractivity contribution in [1.29, 1.82) is 0 Å². The maximum absolute atomic E-state index is 13.9. The van der Waals surface area contributed by atoms with Gasteiger partial charge in [0, 0.05) is 5.92 Å². The zero-order valence-corrected chi connectivity index (χ0v) is 26.3. The molecule has 0 aromatic heterocycles. The van der Waals surface area contributed by atoms with Gasteiger partial charge in [0.25, 0.3) is 0 Å². The summed E-state index contributed by atoms with van der Waals surface area (Å²) in [6.07, 6.45) is -2.07. The van der Waals surface area contributed by atoms with Crippen LogP contribution in [0.3, 0.4) is 0 Å². The number of benzene rings is 4. The molecule has 6 heteroatoms. The third-order valence-electron chi connectivity index (χ3n) is 7.87. The van der Waals surface area contributed by atoms with Crippen molar-refractivity contribution in [2.45, 2.75) is 71.3 Å². The Balaban J connectivity index is 1.36. The lowest BCUT2D eigenvalue weighted by atomic mass is 9.98. The van der Waals surface area contributed by atoms with Crippen LogP contribution < -0.4 is 5.32 Å². The number of carbonyl (C=O) groups is 2. The van der Waals surface area contributed by atoms with Gasteiger partial charge in [0.05, 0.1) is 11.7 Å². The zero-order valence-electron chi connectivity index (χ0n) is 26.3. The molecule has 0 heterocycles. The largest absolute Gasteiger partial charge is 0.451 e. The molecule has 228 valence electrons. The summed E-state index contributed by atoms with van der Waals surface area (Å²) in [5, 5.41) is 2.78. The van der Waals surface area contributed by atoms with E-state index in [0.29, 0.717) is 0 Å². The first-order valence-electron chi connectivity index (χ1n) is 15.1. The molecule has 0 unspecified atom stereocenters. The van der Waals surface area contributed by atoms with Crippen molar-refractivity contribution in [3.8, 4) is 11.1 Å². The van der Waals surface area contributed by atoms with E-state index in [1.54, 1.807) is 6.92 Å². The van der Waals surface area contributed by atoms with Crippen LogP contribution in [0.15, 0.2) is 97.1 Å². The van der Waals surface area contributed by atoms with Crippen molar-refractivity contribution in [2.24, 2.45) is 0 Å². The van der Waals surface area contributed by atoms with E-state index >= 15 is 0 Å². The molecule has 4 aromatic rings. The number of carbonyl (C=O) groups excluding carboxylic acids is 2. The summed E-state index contributed by atoms with van der Waals surface area (Å²) in [4.78, 5) is 27.2. The molecule has 0 fully saturated rings. The number of ether oxygens (including phenoxy) is 3. The molecule has 0 aliphatic heterocycles. The standard InChI is InChI=1S/C38H41NO5/c1-24-15-19-27(20-16-24)35(28-21-17-25(2)18-22-28)43-36(40)34(26(3)44-38(4,5)6)39-37(41)42-23-33-31-13-9-7-11-29(31)30-12-8-10-14-32(30)33/h7-22,26,33-35H,23H2,1-6H3,(H,39,41)/t26-,34+/m1/s1. The van der Waals surface area contributed by atoms with E-state index in [-0.39, 0.29) is 12.5 Å². The summed E-state index contributed by atoms with van der Waals surface area (Å²) >= 11 is 0. The SMILES string of the molecule is Cc1ccc(C(OC(=O)[C@@H](NC(=O)OCC2c3ccccc3-c3ccccc32)[C@@H](C)OC(C)(C)C)c2ccc(C)cc2)cc1. The van der Waals surface area contributed by atoms with Gasteiger partial charge in [0.15, 0.2) is 12.1 Å². The van der Waals surface area contributed by atoms with Crippen LogP contribution in [0.5, 0.6) is 0 Å². The van der Waals surface area contributed by atoms with Crippen LogP contribution in [0.25, 0.3) is 11.1 Å². The van der Waals surface area contributed by atoms with Crippen molar-refractivity contribution >= 4 is 12.1 Å². The Kier molecular flexibility index (Phi) is 9.21. The Bertz CT molecular complexity index is 1510. The highest BCUT2D eigenvalue weighted by atomic mass is 16.6. The minimum absolute atomic E-state index is 0.103. The number of hydrogen-bond donors (Lipinski definition) is 1. The monoisotopic (exact) mass is 591 g/mol. The van der Waals surface area contributed by atoms with Crippen LogP contribution in [0.1, 0.15) is 73.1 Å². The molecule has 2 atom stereocenters. The Hall–Kier alpha value is -4.42. The molecule has 0 bridgehead atoms. The van der Waals surface area contributed by atoms with Crippen LogP contribution >= 0.6 is 0 Å². The molecule has 5 rings (SSSR count). The molecule has 0 spiro atoms. The van der Waals surface area contributed by atoms with Crippen LogP contribution in [0.2, 0.25) is 0 Å². The summed E-state index contributed by atoms with van der Waals surface area (Å²) in [6, 6.07) is 31.0. The number of rotatable bonds is 9. The third-order valence-corrected chi connectivity index (χ3v) is 7.87. The lowest BCUT2D eigenvalue weighted by Crippen LogP contribution is -2.51. The van der Waals surface area contributed by atoms with E-state index < -0.39 is 35.9 Å². The minimum Gasteiger partial charge on any atom is -0.451 e. The van der Waals surface area contributed by atoms with Crippen molar-refractivity contribution < 1.29 is 23.8 Å². The van der Waals surface area contributed by atoms with Gasteiger partial charge < -0.3 is 19.5 Å². The van der Waals surface area contributed by atoms with Gasteiger partial charge in [-0.25, -0.2) is 9.59 Å². The maximum atomic E-state index is 13.9. The van der Waals surface area contributed by atoms with E-state index in [2.05, 4.69) is 29.6 Å². The van der Waals surface area contributed by atoms with Crippen molar-refractivity contribution in [1.82, 2.24) is 5.32 Å². The normalized spacial score (nSPS) is 14.0. The quantitative estimate of drug-likeness (QED) is 0.199. The van der Waals surface area contributed by atoms with Crippen LogP contribution in [-0.2, 0) is 19.0 Å². The number of amides is 1. The van der Waals surface area contributed by atoms with E-state index in [1.807, 2.05) is 107 Å². The van der Waals surface area contributed by atoms with E-state index in [0.717, 1.165) is 44.5 Å². The fourth-order valence-corrected chi connectivity index (χ4v) is 5.76. The van der Waals surface area contributed by atoms with E-state index in [1.165, 1.54) is 0 Å². The number of aryl methyl sites for hydroxylation is 2. The summed E-state index contributed by atoms with van der Waals surface area (Å²) in [7, 11) is 0. The summed E-state index contributed by atoms with van der Waals surface area (Å²) in [5.41, 5.74) is 7.81. The molecule has 4 aromatic carbocycles. The highest BCUT2D eigenvalue weighted by molar-refractivity contribution is 5.83. The topological polar surface area (TPSA) is 73.9 Å². The summed E-state index contributed by atoms with van der Waals surface area (Å²) < 4.78 is 18.1. The first kappa shape index (κ1) is 31.0. The maximum Gasteiger partial charge on any atom is 0.407 e.